The van der Waals surface area contributed by atoms with Crippen molar-refractivity contribution in [1.82, 2.24) is 19.8 Å². The lowest BCUT2D eigenvalue weighted by Crippen LogP contribution is -2.20. The summed E-state index contributed by atoms with van der Waals surface area (Å²) in [5.74, 6) is 0.934. The Morgan fingerprint density at radius 2 is 1.56 bits per heavy atom. The third-order valence-electron chi connectivity index (χ3n) is 8.32. The predicted octanol–water partition coefficient (Wildman–Crippen LogP) is 5.98. The molecule has 0 bridgehead atoms. The molecule has 6 rings (SSSR count). The number of anilines is 2. The van der Waals surface area contributed by atoms with Gasteiger partial charge in [-0.3, -0.25) is 9.80 Å². The standard InChI is InChI=1S/C32H39ClN6O2/c1-41-28-9-8-26-30(37-28)31(29-21(7-6-10-34)15-24(33)18-27(29)36-26)35-25-16-22(19-38-11-2-3-12-38)32(40)23(17-25)20-39-13-4-5-14-39/h8-9,15-18,40H,2-7,10-14,19-20,34H2,1H3,(H,35,36). The molecule has 0 saturated carbocycles. The minimum absolute atomic E-state index is 0.411. The number of benzene rings is 2. The van der Waals surface area contributed by atoms with E-state index in [9.17, 15) is 5.11 Å². The molecule has 2 fully saturated rings. The number of nitrogens with zero attached hydrogens (tertiary/aromatic N) is 4. The number of ether oxygens (including phenoxy) is 1. The number of methoxy groups -OCH3 is 1. The van der Waals surface area contributed by atoms with Crippen LogP contribution in [0.15, 0.2) is 36.4 Å². The SMILES string of the molecule is COc1ccc2nc3cc(Cl)cc(CCCN)c3c(Nc3cc(CN4CCCC4)c(O)c(CN4CCCC4)c3)c2n1. The number of likely N-dealkylation sites (tertiary alicyclic amines) is 2. The zero-order chi connectivity index (χ0) is 28.3. The summed E-state index contributed by atoms with van der Waals surface area (Å²) in [4.78, 5) is 14.6. The molecule has 4 heterocycles. The molecule has 0 unspecified atom stereocenters. The van der Waals surface area contributed by atoms with Crippen LogP contribution >= 0.6 is 11.6 Å². The van der Waals surface area contributed by atoms with Crippen LogP contribution in [0.2, 0.25) is 5.02 Å². The van der Waals surface area contributed by atoms with Crippen molar-refractivity contribution >= 4 is 44.9 Å². The molecule has 4 aromatic rings. The van der Waals surface area contributed by atoms with Crippen molar-refractivity contribution in [3.8, 4) is 11.6 Å². The molecule has 9 heteroatoms. The Balaban J connectivity index is 1.51. The molecular formula is C32H39ClN6O2. The van der Waals surface area contributed by atoms with Crippen molar-refractivity contribution in [3.05, 3.63) is 58.1 Å². The highest BCUT2D eigenvalue weighted by Crippen LogP contribution is 2.39. The smallest absolute Gasteiger partial charge is 0.213 e. The van der Waals surface area contributed by atoms with Gasteiger partial charge in [0.25, 0.3) is 0 Å². The van der Waals surface area contributed by atoms with Gasteiger partial charge in [-0.25, -0.2) is 9.97 Å². The fraction of sp³-hybridized carbons (Fsp3) is 0.438. The maximum absolute atomic E-state index is 11.4. The largest absolute Gasteiger partial charge is 0.507 e. The molecule has 0 atom stereocenters. The van der Waals surface area contributed by atoms with Gasteiger partial charge in [0.1, 0.15) is 11.3 Å². The van der Waals surface area contributed by atoms with E-state index in [1.165, 1.54) is 25.7 Å². The van der Waals surface area contributed by atoms with E-state index in [0.29, 0.717) is 23.2 Å². The molecule has 2 aliphatic rings. The van der Waals surface area contributed by atoms with Crippen molar-refractivity contribution in [2.24, 2.45) is 5.73 Å². The van der Waals surface area contributed by atoms with Crippen LogP contribution in [0.25, 0.3) is 21.9 Å². The average Bonchev–Trinajstić information content (AvgIpc) is 3.68. The summed E-state index contributed by atoms with van der Waals surface area (Å²) < 4.78 is 5.51. The normalized spacial score (nSPS) is 16.3. The van der Waals surface area contributed by atoms with Gasteiger partial charge in [-0.15, -0.1) is 0 Å². The van der Waals surface area contributed by atoms with Gasteiger partial charge < -0.3 is 20.9 Å². The first-order valence-corrected chi connectivity index (χ1v) is 15.1. The summed E-state index contributed by atoms with van der Waals surface area (Å²) >= 11 is 6.57. The molecule has 0 radical (unpaired) electrons. The van der Waals surface area contributed by atoms with E-state index in [1.54, 1.807) is 7.11 Å². The number of nitrogens with one attached hydrogen (secondary N) is 1. The minimum Gasteiger partial charge on any atom is -0.507 e. The molecule has 216 valence electrons. The summed E-state index contributed by atoms with van der Waals surface area (Å²) in [6.07, 6.45) is 6.42. The molecule has 8 nitrogen and oxygen atoms in total. The molecule has 2 aromatic heterocycles. The maximum atomic E-state index is 11.4. The van der Waals surface area contributed by atoms with E-state index in [4.69, 9.17) is 32.0 Å². The van der Waals surface area contributed by atoms with Crippen LogP contribution in [-0.2, 0) is 19.5 Å². The van der Waals surface area contributed by atoms with Gasteiger partial charge >= 0.3 is 0 Å². The van der Waals surface area contributed by atoms with Crippen LogP contribution in [0, 0.1) is 0 Å². The van der Waals surface area contributed by atoms with Crippen molar-refractivity contribution in [3.63, 3.8) is 0 Å². The van der Waals surface area contributed by atoms with Gasteiger partial charge in [0, 0.05) is 46.4 Å². The topological polar surface area (TPSA) is 99.8 Å². The highest BCUT2D eigenvalue weighted by molar-refractivity contribution is 6.31. The highest BCUT2D eigenvalue weighted by atomic mass is 35.5. The molecule has 0 aliphatic carbocycles. The predicted molar refractivity (Wildman–Crippen MR) is 166 cm³/mol. The van der Waals surface area contributed by atoms with Crippen LogP contribution in [0.3, 0.4) is 0 Å². The van der Waals surface area contributed by atoms with E-state index in [0.717, 1.165) is 102 Å². The molecule has 41 heavy (non-hydrogen) atoms. The zero-order valence-corrected chi connectivity index (χ0v) is 24.5. The lowest BCUT2D eigenvalue weighted by molar-refractivity contribution is 0.312. The number of pyridine rings is 2. The number of fused-ring (bicyclic) bond motifs is 2. The van der Waals surface area contributed by atoms with E-state index in [2.05, 4.69) is 27.2 Å². The molecule has 0 amide bonds. The van der Waals surface area contributed by atoms with E-state index in [1.807, 2.05) is 24.3 Å². The molecular weight excluding hydrogens is 536 g/mol. The van der Waals surface area contributed by atoms with Crippen molar-refractivity contribution in [2.45, 2.75) is 51.6 Å². The zero-order valence-electron chi connectivity index (χ0n) is 23.8. The van der Waals surface area contributed by atoms with Crippen molar-refractivity contribution < 1.29 is 9.84 Å². The van der Waals surface area contributed by atoms with Gasteiger partial charge in [-0.1, -0.05) is 11.6 Å². The Bertz CT molecular complexity index is 1510. The second kappa shape index (κ2) is 12.4. The lowest BCUT2D eigenvalue weighted by atomic mass is 10.00. The second-order valence-electron chi connectivity index (χ2n) is 11.3. The highest BCUT2D eigenvalue weighted by Gasteiger charge is 2.21. The Morgan fingerprint density at radius 3 is 2.17 bits per heavy atom. The third kappa shape index (κ3) is 6.06. The summed E-state index contributed by atoms with van der Waals surface area (Å²) in [6, 6.07) is 11.9. The third-order valence-corrected chi connectivity index (χ3v) is 8.54. The number of rotatable bonds is 10. The average molecular weight is 575 g/mol. The number of hydrogen-bond donors (Lipinski definition) is 3. The lowest BCUT2D eigenvalue weighted by Gasteiger charge is -2.22. The summed E-state index contributed by atoms with van der Waals surface area (Å²) in [5, 5.41) is 16.8. The number of nitrogens with two attached hydrogens (primary N) is 1. The van der Waals surface area contributed by atoms with Crippen LogP contribution in [-0.4, -0.2) is 64.7 Å². The van der Waals surface area contributed by atoms with Crippen LogP contribution < -0.4 is 15.8 Å². The number of halogens is 1. The van der Waals surface area contributed by atoms with Crippen LogP contribution in [0.1, 0.15) is 48.8 Å². The van der Waals surface area contributed by atoms with Crippen LogP contribution in [0.5, 0.6) is 11.6 Å². The number of aromatic hydroxyl groups is 1. The number of aromatic nitrogens is 2. The fourth-order valence-corrected chi connectivity index (χ4v) is 6.52. The summed E-state index contributed by atoms with van der Waals surface area (Å²) in [6.45, 7) is 6.30. The van der Waals surface area contributed by atoms with Gasteiger partial charge in [0.05, 0.1) is 23.8 Å². The van der Waals surface area contributed by atoms with E-state index >= 15 is 0 Å². The number of phenolic OH excluding ortho intramolecular Hbond substituents is 1. The van der Waals surface area contributed by atoms with Crippen LogP contribution in [0.4, 0.5) is 11.4 Å². The van der Waals surface area contributed by atoms with Crippen molar-refractivity contribution in [2.75, 3.05) is 45.2 Å². The molecule has 2 saturated heterocycles. The Morgan fingerprint density at radius 1 is 0.902 bits per heavy atom. The number of phenols is 1. The van der Waals surface area contributed by atoms with Gasteiger partial charge in [-0.05, 0) is 107 Å². The molecule has 4 N–H and O–H groups in total. The Labute approximate surface area is 246 Å². The first-order valence-electron chi connectivity index (χ1n) is 14.8. The molecule has 2 aliphatic heterocycles. The maximum Gasteiger partial charge on any atom is 0.213 e. The van der Waals surface area contributed by atoms with Gasteiger partial charge in [-0.2, -0.15) is 0 Å². The van der Waals surface area contributed by atoms with Crippen molar-refractivity contribution in [1.29, 1.82) is 0 Å². The second-order valence-corrected chi connectivity index (χ2v) is 11.7. The number of aryl methyl sites for hydroxylation is 1. The van der Waals surface area contributed by atoms with E-state index in [-0.39, 0.29) is 0 Å². The summed E-state index contributed by atoms with van der Waals surface area (Å²) in [7, 11) is 1.62. The monoisotopic (exact) mass is 574 g/mol. The number of hydrogen-bond acceptors (Lipinski definition) is 8. The van der Waals surface area contributed by atoms with Gasteiger partial charge in [0.2, 0.25) is 5.88 Å². The fourth-order valence-electron chi connectivity index (χ4n) is 6.29. The quantitative estimate of drug-likeness (QED) is 0.157. The van der Waals surface area contributed by atoms with E-state index < -0.39 is 0 Å². The minimum atomic E-state index is 0.411. The summed E-state index contributed by atoms with van der Waals surface area (Å²) in [5.41, 5.74) is 12.9. The Kier molecular flexibility index (Phi) is 8.44. The first-order chi connectivity index (χ1) is 20.0. The molecule has 2 aromatic carbocycles. The Hall–Kier alpha value is -3.17. The van der Waals surface area contributed by atoms with Gasteiger partial charge in [0.15, 0.2) is 0 Å². The first kappa shape index (κ1) is 28.0. The molecule has 0 spiro atoms.